The van der Waals surface area contributed by atoms with Gasteiger partial charge in [-0.25, -0.2) is 8.78 Å². The minimum atomic E-state index is -0.719. The van der Waals surface area contributed by atoms with Crippen LogP contribution in [0.4, 0.5) is 20.3 Å². The van der Waals surface area contributed by atoms with Gasteiger partial charge in [-0.15, -0.1) is 0 Å². The van der Waals surface area contributed by atoms with Gasteiger partial charge in [0.05, 0.1) is 10.5 Å². The molecule has 10 heteroatoms. The Balaban J connectivity index is 1.32. The van der Waals surface area contributed by atoms with Gasteiger partial charge in [0.25, 0.3) is 5.91 Å². The number of nitrogens with one attached hydrogen (secondary N) is 2. The van der Waals surface area contributed by atoms with Gasteiger partial charge in [-0.2, -0.15) is 5.10 Å². The van der Waals surface area contributed by atoms with E-state index in [0.717, 1.165) is 44.0 Å². The van der Waals surface area contributed by atoms with Gasteiger partial charge >= 0.3 is 0 Å². The SMILES string of the molecule is CN1CCN(c2cccc(C(=O)Nc3n[nH]c4ccc(OCc5c(F)ccc(F)c5Cl)cc34)c2)CC1. The van der Waals surface area contributed by atoms with Gasteiger partial charge in [0.1, 0.15) is 24.0 Å². The molecule has 2 N–H and O–H groups in total. The van der Waals surface area contributed by atoms with Gasteiger partial charge in [-0.05, 0) is 55.6 Å². The lowest BCUT2D eigenvalue weighted by molar-refractivity contribution is 0.102. The van der Waals surface area contributed by atoms with Crippen molar-refractivity contribution >= 4 is 39.9 Å². The van der Waals surface area contributed by atoms with Gasteiger partial charge in [0, 0.05) is 48.4 Å². The molecule has 1 saturated heterocycles. The molecule has 7 nitrogen and oxygen atoms in total. The van der Waals surface area contributed by atoms with Crippen LogP contribution in [0.1, 0.15) is 15.9 Å². The highest BCUT2D eigenvalue weighted by atomic mass is 35.5. The van der Waals surface area contributed by atoms with Crippen LogP contribution < -0.4 is 15.0 Å². The fraction of sp³-hybridized carbons (Fsp3) is 0.231. The van der Waals surface area contributed by atoms with Crippen LogP contribution in [0, 0.1) is 11.6 Å². The molecule has 2 heterocycles. The lowest BCUT2D eigenvalue weighted by Crippen LogP contribution is -2.44. The van der Waals surface area contributed by atoms with E-state index >= 15 is 0 Å². The second-order valence-corrected chi connectivity index (χ2v) is 9.06. The molecule has 186 valence electrons. The van der Waals surface area contributed by atoms with Crippen molar-refractivity contribution in [2.75, 3.05) is 43.4 Å². The van der Waals surface area contributed by atoms with Crippen molar-refractivity contribution < 1.29 is 18.3 Å². The van der Waals surface area contributed by atoms with Gasteiger partial charge < -0.3 is 19.9 Å². The molecule has 3 aromatic carbocycles. The average molecular weight is 512 g/mol. The quantitative estimate of drug-likeness (QED) is 0.353. The van der Waals surface area contributed by atoms with E-state index in [4.69, 9.17) is 16.3 Å². The molecule has 0 spiro atoms. The predicted octanol–water partition coefficient (Wildman–Crippen LogP) is 5.08. The number of halogens is 3. The van der Waals surface area contributed by atoms with Gasteiger partial charge in [0.15, 0.2) is 5.82 Å². The first-order valence-electron chi connectivity index (χ1n) is 11.5. The summed E-state index contributed by atoms with van der Waals surface area (Å²) in [5.74, 6) is -0.947. The van der Waals surface area contributed by atoms with E-state index in [9.17, 15) is 13.6 Å². The zero-order valence-electron chi connectivity index (χ0n) is 19.5. The maximum Gasteiger partial charge on any atom is 0.256 e. The topological polar surface area (TPSA) is 73.5 Å². The van der Waals surface area contributed by atoms with Gasteiger partial charge in [-0.1, -0.05) is 17.7 Å². The summed E-state index contributed by atoms with van der Waals surface area (Å²) in [6.45, 7) is 3.49. The van der Waals surface area contributed by atoms with E-state index < -0.39 is 11.6 Å². The van der Waals surface area contributed by atoms with Crippen molar-refractivity contribution in [3.63, 3.8) is 0 Å². The van der Waals surface area contributed by atoms with Crippen LogP contribution in [0.25, 0.3) is 10.9 Å². The van der Waals surface area contributed by atoms with Crippen molar-refractivity contribution in [3.05, 3.63) is 82.4 Å². The number of nitrogens with zero attached hydrogens (tertiary/aromatic N) is 3. The molecular weight excluding hydrogens is 488 g/mol. The number of anilines is 2. The number of rotatable bonds is 6. The Morgan fingerprint density at radius 1 is 1.08 bits per heavy atom. The van der Waals surface area contributed by atoms with Crippen molar-refractivity contribution in [2.24, 2.45) is 0 Å². The Morgan fingerprint density at radius 2 is 1.86 bits per heavy atom. The summed E-state index contributed by atoms with van der Waals surface area (Å²) in [5.41, 5.74) is 2.13. The minimum Gasteiger partial charge on any atom is -0.489 e. The number of hydrogen-bond acceptors (Lipinski definition) is 5. The predicted molar refractivity (Wildman–Crippen MR) is 136 cm³/mol. The number of fused-ring (bicyclic) bond motifs is 1. The third-order valence-corrected chi connectivity index (χ3v) is 6.67. The second-order valence-electron chi connectivity index (χ2n) is 8.68. The summed E-state index contributed by atoms with van der Waals surface area (Å²) < 4.78 is 33.4. The molecule has 0 bridgehead atoms. The summed E-state index contributed by atoms with van der Waals surface area (Å²) >= 11 is 5.89. The summed E-state index contributed by atoms with van der Waals surface area (Å²) in [7, 11) is 2.10. The zero-order valence-corrected chi connectivity index (χ0v) is 20.3. The smallest absolute Gasteiger partial charge is 0.256 e. The Labute approximate surface area is 211 Å². The average Bonchev–Trinajstić information content (AvgIpc) is 3.28. The van der Waals surface area contributed by atoms with Crippen molar-refractivity contribution in [3.8, 4) is 5.75 Å². The van der Waals surface area contributed by atoms with Crippen molar-refractivity contribution in [1.29, 1.82) is 0 Å². The molecule has 5 rings (SSSR count). The van der Waals surface area contributed by atoms with Crippen LogP contribution >= 0.6 is 11.6 Å². The summed E-state index contributed by atoms with van der Waals surface area (Å²) in [6.07, 6.45) is 0. The molecule has 1 aliphatic heterocycles. The molecule has 1 aromatic heterocycles. The molecule has 1 amide bonds. The highest BCUT2D eigenvalue weighted by Gasteiger charge is 2.18. The number of aromatic nitrogens is 2. The highest BCUT2D eigenvalue weighted by Crippen LogP contribution is 2.29. The van der Waals surface area contributed by atoms with Crippen LogP contribution in [0.2, 0.25) is 5.02 Å². The van der Waals surface area contributed by atoms with Gasteiger partial charge in [0.2, 0.25) is 0 Å². The first kappa shape index (κ1) is 24.0. The monoisotopic (exact) mass is 511 g/mol. The summed E-state index contributed by atoms with van der Waals surface area (Å²) in [6, 6.07) is 14.5. The van der Waals surface area contributed by atoms with E-state index in [-0.39, 0.29) is 23.1 Å². The van der Waals surface area contributed by atoms with Crippen LogP contribution in [-0.2, 0) is 6.61 Å². The molecule has 0 radical (unpaired) electrons. The number of likely N-dealkylation sites (N-methyl/N-ethyl adjacent to an activating group) is 1. The lowest BCUT2D eigenvalue weighted by Gasteiger charge is -2.34. The van der Waals surface area contributed by atoms with E-state index in [1.165, 1.54) is 0 Å². The lowest BCUT2D eigenvalue weighted by atomic mass is 10.1. The number of H-pyrrole nitrogens is 1. The third-order valence-electron chi connectivity index (χ3n) is 6.27. The molecule has 0 aliphatic carbocycles. The van der Waals surface area contributed by atoms with Crippen LogP contribution in [0.15, 0.2) is 54.6 Å². The summed E-state index contributed by atoms with van der Waals surface area (Å²) in [5, 5.41) is 10.2. The summed E-state index contributed by atoms with van der Waals surface area (Å²) in [4.78, 5) is 17.6. The molecule has 4 aromatic rings. The number of piperazine rings is 1. The molecule has 0 saturated carbocycles. The molecule has 0 atom stereocenters. The molecule has 0 unspecified atom stereocenters. The Bertz CT molecular complexity index is 1420. The number of benzene rings is 3. The molecule has 1 fully saturated rings. The Hall–Kier alpha value is -3.69. The third kappa shape index (κ3) is 4.98. The number of amides is 1. The number of carbonyl (C=O) groups is 1. The molecule has 36 heavy (non-hydrogen) atoms. The van der Waals surface area contributed by atoms with E-state index in [2.05, 4.69) is 32.4 Å². The molecular formula is C26H24ClF2N5O2. The standard InChI is InChI=1S/C26H24ClF2N5O2/c1-33-9-11-34(12-10-33)17-4-2-3-16(13-17)26(35)30-25-19-14-18(5-8-23(19)31-32-25)36-15-20-21(28)6-7-22(29)24(20)27/h2-8,13-14H,9-12,15H2,1H3,(H2,30,31,32,35). The first-order chi connectivity index (χ1) is 17.4. The van der Waals surface area contributed by atoms with Crippen LogP contribution in [0.3, 0.4) is 0 Å². The van der Waals surface area contributed by atoms with Crippen molar-refractivity contribution in [2.45, 2.75) is 6.61 Å². The maximum absolute atomic E-state index is 14.1. The normalized spacial score (nSPS) is 14.3. The Kier molecular flexibility index (Phi) is 6.75. The number of carbonyl (C=O) groups excluding carboxylic acids is 1. The van der Waals surface area contributed by atoms with E-state index in [1.807, 2.05) is 18.2 Å². The van der Waals surface area contributed by atoms with Crippen molar-refractivity contribution in [1.82, 2.24) is 15.1 Å². The largest absolute Gasteiger partial charge is 0.489 e. The fourth-order valence-electron chi connectivity index (χ4n) is 4.12. The van der Waals surface area contributed by atoms with E-state index in [0.29, 0.717) is 28.0 Å². The van der Waals surface area contributed by atoms with Crippen LogP contribution in [-0.4, -0.2) is 54.2 Å². The number of ether oxygens (including phenoxy) is 1. The highest BCUT2D eigenvalue weighted by molar-refractivity contribution is 6.31. The Morgan fingerprint density at radius 3 is 2.67 bits per heavy atom. The second kappa shape index (κ2) is 10.1. The molecule has 1 aliphatic rings. The fourth-order valence-corrected chi connectivity index (χ4v) is 4.33. The minimum absolute atomic E-state index is 0.0716. The zero-order chi connectivity index (χ0) is 25.2. The van der Waals surface area contributed by atoms with E-state index in [1.54, 1.807) is 24.3 Å². The van der Waals surface area contributed by atoms with Crippen LogP contribution in [0.5, 0.6) is 5.75 Å². The number of aromatic amines is 1. The first-order valence-corrected chi connectivity index (χ1v) is 11.8. The van der Waals surface area contributed by atoms with Gasteiger partial charge in [-0.3, -0.25) is 9.89 Å². The maximum atomic E-state index is 14.1. The number of hydrogen-bond donors (Lipinski definition) is 2.